The Morgan fingerprint density at radius 1 is 1.19 bits per heavy atom. The van der Waals surface area contributed by atoms with Crippen LogP contribution in [0.2, 0.25) is 0 Å². The normalized spacial score (nSPS) is 18.4. The number of hydrogen-bond acceptors (Lipinski definition) is 2. The lowest BCUT2D eigenvalue weighted by atomic mass is 9.94. The SMILES string of the molecule is CC(C)CC(CCOC(C)C)CNC1CC1. The fourth-order valence-electron chi connectivity index (χ4n) is 2.06. The highest BCUT2D eigenvalue weighted by Gasteiger charge is 2.22. The molecule has 1 unspecified atom stereocenters. The summed E-state index contributed by atoms with van der Waals surface area (Å²) in [4.78, 5) is 0. The summed E-state index contributed by atoms with van der Waals surface area (Å²) in [5.41, 5.74) is 0. The van der Waals surface area contributed by atoms with E-state index in [9.17, 15) is 0 Å². The van der Waals surface area contributed by atoms with Crippen LogP contribution in [0.25, 0.3) is 0 Å². The van der Waals surface area contributed by atoms with Crippen molar-refractivity contribution in [3.05, 3.63) is 0 Å². The number of nitrogens with one attached hydrogen (secondary N) is 1. The van der Waals surface area contributed by atoms with Crippen LogP contribution in [0.3, 0.4) is 0 Å². The van der Waals surface area contributed by atoms with E-state index in [1.165, 1.54) is 32.2 Å². The summed E-state index contributed by atoms with van der Waals surface area (Å²) in [6.07, 6.45) is 5.67. The zero-order chi connectivity index (χ0) is 12.0. The first kappa shape index (κ1) is 14.0. The van der Waals surface area contributed by atoms with Gasteiger partial charge in [0.1, 0.15) is 0 Å². The molecule has 1 fully saturated rings. The monoisotopic (exact) mass is 227 g/mol. The third-order valence-corrected chi connectivity index (χ3v) is 3.05. The molecule has 0 heterocycles. The van der Waals surface area contributed by atoms with Crippen LogP contribution in [0.1, 0.15) is 53.4 Å². The maximum absolute atomic E-state index is 5.65. The van der Waals surface area contributed by atoms with Crippen molar-refractivity contribution in [3.8, 4) is 0 Å². The van der Waals surface area contributed by atoms with Gasteiger partial charge in [-0.25, -0.2) is 0 Å². The van der Waals surface area contributed by atoms with Gasteiger partial charge in [0, 0.05) is 12.6 Å². The van der Waals surface area contributed by atoms with E-state index < -0.39 is 0 Å². The van der Waals surface area contributed by atoms with Crippen molar-refractivity contribution in [2.24, 2.45) is 11.8 Å². The molecule has 1 N–H and O–H groups in total. The minimum Gasteiger partial charge on any atom is -0.379 e. The third kappa shape index (κ3) is 7.24. The van der Waals surface area contributed by atoms with Crippen LogP contribution < -0.4 is 5.32 Å². The van der Waals surface area contributed by atoms with E-state index in [0.717, 1.165) is 24.5 Å². The summed E-state index contributed by atoms with van der Waals surface area (Å²) >= 11 is 0. The van der Waals surface area contributed by atoms with Gasteiger partial charge in [0.2, 0.25) is 0 Å². The van der Waals surface area contributed by atoms with Crippen LogP contribution in [0, 0.1) is 11.8 Å². The maximum atomic E-state index is 5.65. The Morgan fingerprint density at radius 3 is 2.38 bits per heavy atom. The summed E-state index contributed by atoms with van der Waals surface area (Å²) in [5, 5.41) is 3.64. The first-order valence-corrected chi connectivity index (χ1v) is 6.93. The van der Waals surface area contributed by atoms with Gasteiger partial charge in [0.15, 0.2) is 0 Å². The average molecular weight is 227 g/mol. The molecule has 0 bridgehead atoms. The number of rotatable bonds is 9. The van der Waals surface area contributed by atoms with Crippen molar-refractivity contribution in [1.82, 2.24) is 5.32 Å². The van der Waals surface area contributed by atoms with Crippen molar-refractivity contribution in [3.63, 3.8) is 0 Å². The van der Waals surface area contributed by atoms with Crippen molar-refractivity contribution in [1.29, 1.82) is 0 Å². The predicted octanol–water partition coefficient (Wildman–Crippen LogP) is 3.22. The Labute approximate surface area is 101 Å². The van der Waals surface area contributed by atoms with Crippen molar-refractivity contribution < 1.29 is 4.74 Å². The van der Waals surface area contributed by atoms with E-state index in [4.69, 9.17) is 4.74 Å². The van der Waals surface area contributed by atoms with Gasteiger partial charge in [-0.3, -0.25) is 0 Å². The van der Waals surface area contributed by atoms with Crippen molar-refractivity contribution >= 4 is 0 Å². The number of ether oxygens (including phenoxy) is 1. The molecule has 2 heteroatoms. The molecule has 16 heavy (non-hydrogen) atoms. The highest BCUT2D eigenvalue weighted by Crippen LogP contribution is 2.21. The molecule has 1 aliphatic carbocycles. The van der Waals surface area contributed by atoms with Gasteiger partial charge < -0.3 is 10.1 Å². The lowest BCUT2D eigenvalue weighted by Gasteiger charge is -2.20. The Hall–Kier alpha value is -0.0800. The molecular formula is C14H29NO. The Balaban J connectivity index is 2.13. The minimum atomic E-state index is 0.371. The summed E-state index contributed by atoms with van der Waals surface area (Å²) in [6, 6.07) is 0.834. The van der Waals surface area contributed by atoms with Crippen LogP contribution in [0.5, 0.6) is 0 Å². The summed E-state index contributed by atoms with van der Waals surface area (Å²) in [5.74, 6) is 1.59. The van der Waals surface area contributed by atoms with Crippen LogP contribution in [-0.2, 0) is 4.74 Å². The minimum absolute atomic E-state index is 0.371. The highest BCUT2D eigenvalue weighted by molar-refractivity contribution is 4.82. The average Bonchev–Trinajstić information content (AvgIpc) is 2.95. The van der Waals surface area contributed by atoms with Crippen molar-refractivity contribution in [2.45, 2.75) is 65.5 Å². The second-order valence-electron chi connectivity index (χ2n) is 5.89. The topological polar surface area (TPSA) is 21.3 Å². The smallest absolute Gasteiger partial charge is 0.0518 e. The molecule has 1 rings (SSSR count). The van der Waals surface area contributed by atoms with E-state index >= 15 is 0 Å². The zero-order valence-corrected chi connectivity index (χ0v) is 11.5. The summed E-state index contributed by atoms with van der Waals surface area (Å²) in [6.45, 7) is 11.0. The zero-order valence-electron chi connectivity index (χ0n) is 11.5. The van der Waals surface area contributed by atoms with Gasteiger partial charge >= 0.3 is 0 Å². The van der Waals surface area contributed by atoms with Gasteiger partial charge in [0.05, 0.1) is 6.10 Å². The molecule has 0 aromatic carbocycles. The molecule has 1 atom stereocenters. The van der Waals surface area contributed by atoms with Crippen molar-refractivity contribution in [2.75, 3.05) is 13.2 Å². The standard InChI is InChI=1S/C14H29NO/c1-11(2)9-13(7-8-16-12(3)4)10-15-14-5-6-14/h11-15H,5-10H2,1-4H3. The lowest BCUT2D eigenvalue weighted by molar-refractivity contribution is 0.0664. The Kier molecular flexibility index (Phi) is 6.37. The quantitative estimate of drug-likeness (QED) is 0.653. The second-order valence-corrected chi connectivity index (χ2v) is 5.89. The summed E-state index contributed by atoms with van der Waals surface area (Å²) < 4.78 is 5.65. The molecule has 0 saturated heterocycles. The van der Waals surface area contributed by atoms with Crippen LogP contribution in [0.4, 0.5) is 0 Å². The fraction of sp³-hybridized carbons (Fsp3) is 1.00. The molecule has 1 aliphatic rings. The maximum Gasteiger partial charge on any atom is 0.0518 e. The molecule has 0 amide bonds. The molecule has 0 aliphatic heterocycles. The first-order chi connectivity index (χ1) is 7.58. The fourth-order valence-corrected chi connectivity index (χ4v) is 2.06. The Bertz CT molecular complexity index is 176. The van der Waals surface area contributed by atoms with Gasteiger partial charge in [-0.05, 0) is 57.9 Å². The highest BCUT2D eigenvalue weighted by atomic mass is 16.5. The van der Waals surface area contributed by atoms with Gasteiger partial charge in [-0.15, -0.1) is 0 Å². The molecule has 0 aromatic rings. The van der Waals surface area contributed by atoms with E-state index in [1.54, 1.807) is 0 Å². The van der Waals surface area contributed by atoms with Crippen LogP contribution in [0.15, 0.2) is 0 Å². The predicted molar refractivity (Wildman–Crippen MR) is 69.7 cm³/mol. The van der Waals surface area contributed by atoms with E-state index in [-0.39, 0.29) is 0 Å². The molecule has 0 aromatic heterocycles. The third-order valence-electron chi connectivity index (χ3n) is 3.05. The van der Waals surface area contributed by atoms with Gasteiger partial charge in [-0.2, -0.15) is 0 Å². The van der Waals surface area contributed by atoms with E-state index in [1.807, 2.05) is 0 Å². The first-order valence-electron chi connectivity index (χ1n) is 6.93. The van der Waals surface area contributed by atoms with Gasteiger partial charge in [0.25, 0.3) is 0 Å². The molecule has 1 saturated carbocycles. The van der Waals surface area contributed by atoms with Crippen LogP contribution >= 0.6 is 0 Å². The second kappa shape index (κ2) is 7.29. The molecular weight excluding hydrogens is 198 g/mol. The summed E-state index contributed by atoms with van der Waals surface area (Å²) in [7, 11) is 0. The molecule has 2 nitrogen and oxygen atoms in total. The van der Waals surface area contributed by atoms with Gasteiger partial charge in [-0.1, -0.05) is 13.8 Å². The Morgan fingerprint density at radius 2 is 1.88 bits per heavy atom. The molecule has 0 spiro atoms. The van der Waals surface area contributed by atoms with E-state index in [2.05, 4.69) is 33.0 Å². The largest absolute Gasteiger partial charge is 0.379 e. The van der Waals surface area contributed by atoms with Crippen LogP contribution in [-0.4, -0.2) is 25.3 Å². The lowest BCUT2D eigenvalue weighted by Crippen LogP contribution is -2.27. The molecule has 96 valence electrons. The number of hydrogen-bond donors (Lipinski definition) is 1. The van der Waals surface area contributed by atoms with E-state index in [0.29, 0.717) is 6.10 Å². The molecule has 0 radical (unpaired) electrons.